The molecule has 0 bridgehead atoms. The molecule has 0 saturated carbocycles. The van der Waals surface area contributed by atoms with Gasteiger partial charge in [-0.1, -0.05) is 0 Å². The molecule has 8 heteroatoms. The molecule has 0 amide bonds. The second-order valence-electron chi connectivity index (χ2n) is 3.42. The molecule has 0 spiro atoms. The lowest BCUT2D eigenvalue weighted by Crippen LogP contribution is -2.39. The summed E-state index contributed by atoms with van der Waals surface area (Å²) in [5.74, 6) is 0. The molecule has 0 radical (unpaired) electrons. The van der Waals surface area contributed by atoms with E-state index in [2.05, 4.69) is 15.9 Å². The zero-order valence-electron chi connectivity index (χ0n) is 9.42. The lowest BCUT2D eigenvalue weighted by molar-refractivity contribution is 0.398. The van der Waals surface area contributed by atoms with Crippen LogP contribution < -0.4 is 0 Å². The van der Waals surface area contributed by atoms with Gasteiger partial charge in [-0.15, -0.1) is 11.3 Å². The molecule has 1 aromatic heterocycles. The highest BCUT2D eigenvalue weighted by Gasteiger charge is 2.24. The van der Waals surface area contributed by atoms with Gasteiger partial charge in [-0.25, -0.2) is 0 Å². The van der Waals surface area contributed by atoms with Gasteiger partial charge in [0.1, 0.15) is 6.54 Å². The third-order valence-electron chi connectivity index (χ3n) is 2.00. The smallest absolute Gasteiger partial charge is 0.197 e. The summed E-state index contributed by atoms with van der Waals surface area (Å²) in [4.78, 5) is 0.887. The number of hydrogen-bond donors (Lipinski definition) is 0. The van der Waals surface area contributed by atoms with Crippen LogP contribution in [-0.2, 0) is 16.8 Å². The zero-order valence-corrected chi connectivity index (χ0v) is 12.6. The van der Waals surface area contributed by atoms with Crippen LogP contribution in [0.15, 0.2) is 15.9 Å². The molecule has 0 saturated heterocycles. The van der Waals surface area contributed by atoms with E-state index in [4.69, 9.17) is 5.26 Å². The predicted molar refractivity (Wildman–Crippen MR) is 70.6 cm³/mol. The van der Waals surface area contributed by atoms with Crippen molar-refractivity contribution < 1.29 is 8.42 Å². The van der Waals surface area contributed by atoms with Gasteiger partial charge in [0.15, 0.2) is 0 Å². The Bertz CT molecular complexity index is 519. The molecule has 0 unspecified atom stereocenters. The van der Waals surface area contributed by atoms with Gasteiger partial charge in [0.25, 0.3) is 10.2 Å². The summed E-state index contributed by atoms with van der Waals surface area (Å²) in [6.45, 7) is 0.0559. The van der Waals surface area contributed by atoms with Crippen LogP contribution in [0.3, 0.4) is 0 Å². The van der Waals surface area contributed by atoms with Crippen molar-refractivity contribution in [1.82, 2.24) is 8.61 Å². The maximum absolute atomic E-state index is 11.9. The molecule has 1 aromatic rings. The number of nitrogens with zero attached hydrogens (tertiary/aromatic N) is 3. The fraction of sp³-hybridized carbons (Fsp3) is 0.444. The molecule has 1 rings (SSSR count). The fourth-order valence-electron chi connectivity index (χ4n) is 1.14. The van der Waals surface area contributed by atoms with Crippen LogP contribution in [0.1, 0.15) is 4.88 Å². The van der Waals surface area contributed by atoms with Crippen LogP contribution >= 0.6 is 27.3 Å². The number of nitriles is 1. The molecular formula is C9H12BrN3O2S2. The summed E-state index contributed by atoms with van der Waals surface area (Å²) in [6.07, 6.45) is 0. The molecule has 0 aromatic carbocycles. The largest absolute Gasteiger partial charge is 0.282 e. The molecule has 0 aliphatic heterocycles. The van der Waals surface area contributed by atoms with Crippen molar-refractivity contribution >= 4 is 37.5 Å². The summed E-state index contributed by atoms with van der Waals surface area (Å²) in [5, 5.41) is 8.68. The van der Waals surface area contributed by atoms with E-state index in [0.717, 1.165) is 17.3 Å². The summed E-state index contributed by atoms with van der Waals surface area (Å²) in [5.41, 5.74) is 0. The van der Waals surface area contributed by atoms with E-state index in [1.54, 1.807) is 0 Å². The molecule has 94 valence electrons. The van der Waals surface area contributed by atoms with Gasteiger partial charge in [-0.2, -0.15) is 22.3 Å². The van der Waals surface area contributed by atoms with Gasteiger partial charge in [0.2, 0.25) is 0 Å². The molecule has 5 nitrogen and oxygen atoms in total. The minimum absolute atomic E-state index is 0.157. The normalized spacial score (nSPS) is 12.0. The Labute approximate surface area is 114 Å². The Morgan fingerprint density at radius 2 is 2.12 bits per heavy atom. The van der Waals surface area contributed by atoms with Gasteiger partial charge < -0.3 is 0 Å². The lowest BCUT2D eigenvalue weighted by atomic mass is 10.4. The van der Waals surface area contributed by atoms with Crippen LogP contribution in [0.25, 0.3) is 0 Å². The summed E-state index contributed by atoms with van der Waals surface area (Å²) < 4.78 is 27.0. The second kappa shape index (κ2) is 5.93. The summed E-state index contributed by atoms with van der Waals surface area (Å²) in [7, 11) is -0.658. The molecule has 0 N–H and O–H groups in total. The first-order valence-electron chi connectivity index (χ1n) is 4.66. The molecule has 0 fully saturated rings. The van der Waals surface area contributed by atoms with E-state index in [-0.39, 0.29) is 13.1 Å². The summed E-state index contributed by atoms with van der Waals surface area (Å²) in [6, 6.07) is 5.56. The minimum Gasteiger partial charge on any atom is -0.197 e. The van der Waals surface area contributed by atoms with Crippen LogP contribution in [0, 0.1) is 11.3 Å². The number of hydrogen-bond acceptors (Lipinski definition) is 4. The van der Waals surface area contributed by atoms with E-state index in [0.29, 0.717) is 0 Å². The third-order valence-corrected chi connectivity index (χ3v) is 5.44. The van der Waals surface area contributed by atoms with Gasteiger partial charge in [0, 0.05) is 19.0 Å². The number of thiophene rings is 1. The lowest BCUT2D eigenvalue weighted by Gasteiger charge is -2.22. The van der Waals surface area contributed by atoms with E-state index < -0.39 is 10.2 Å². The Morgan fingerprint density at radius 3 is 2.53 bits per heavy atom. The first-order chi connectivity index (χ1) is 7.87. The highest BCUT2D eigenvalue weighted by atomic mass is 79.9. The highest BCUT2D eigenvalue weighted by molar-refractivity contribution is 9.11. The Balaban J connectivity index is 2.92. The maximum atomic E-state index is 11.9. The quantitative estimate of drug-likeness (QED) is 0.767. The number of halogens is 1. The van der Waals surface area contributed by atoms with E-state index in [9.17, 15) is 8.42 Å². The van der Waals surface area contributed by atoms with E-state index in [1.165, 1.54) is 25.4 Å². The van der Waals surface area contributed by atoms with Crippen molar-refractivity contribution in [3.05, 3.63) is 20.8 Å². The Kier molecular flexibility index (Phi) is 5.09. The Morgan fingerprint density at radius 1 is 1.47 bits per heavy atom. The van der Waals surface area contributed by atoms with E-state index in [1.807, 2.05) is 18.2 Å². The van der Waals surface area contributed by atoms with Gasteiger partial charge in [-0.3, -0.25) is 0 Å². The highest BCUT2D eigenvalue weighted by Crippen LogP contribution is 2.24. The average molecular weight is 338 g/mol. The van der Waals surface area contributed by atoms with Crippen LogP contribution in [-0.4, -0.2) is 37.7 Å². The van der Waals surface area contributed by atoms with Crippen molar-refractivity contribution in [1.29, 1.82) is 5.26 Å². The van der Waals surface area contributed by atoms with Crippen molar-refractivity contribution in [2.24, 2.45) is 0 Å². The van der Waals surface area contributed by atoms with E-state index >= 15 is 0 Å². The van der Waals surface area contributed by atoms with Gasteiger partial charge in [-0.05, 0) is 28.1 Å². The first kappa shape index (κ1) is 14.6. The zero-order chi connectivity index (χ0) is 13.1. The molecule has 1 heterocycles. The monoisotopic (exact) mass is 337 g/mol. The molecule has 0 aliphatic rings. The SMILES string of the molecule is CN(C)S(=O)(=O)N(CC#N)Cc1ccc(Br)s1. The predicted octanol–water partition coefficient (Wildman–Crippen LogP) is 1.64. The van der Waals surface area contributed by atoms with Crippen LogP contribution in [0.4, 0.5) is 0 Å². The fourth-order valence-corrected chi connectivity index (χ4v) is 3.71. The minimum atomic E-state index is -3.55. The van der Waals surface area contributed by atoms with Crippen molar-refractivity contribution in [2.75, 3.05) is 20.6 Å². The molecule has 0 atom stereocenters. The van der Waals surface area contributed by atoms with Crippen molar-refractivity contribution in [3.63, 3.8) is 0 Å². The summed E-state index contributed by atoms with van der Waals surface area (Å²) >= 11 is 4.77. The maximum Gasteiger partial charge on any atom is 0.282 e. The topological polar surface area (TPSA) is 64.4 Å². The molecular weight excluding hydrogens is 326 g/mol. The average Bonchev–Trinajstić information content (AvgIpc) is 2.63. The van der Waals surface area contributed by atoms with Gasteiger partial charge in [0.05, 0.1) is 16.4 Å². The third kappa shape index (κ3) is 3.76. The van der Waals surface area contributed by atoms with Crippen molar-refractivity contribution in [2.45, 2.75) is 6.54 Å². The van der Waals surface area contributed by atoms with Crippen LogP contribution in [0.2, 0.25) is 0 Å². The Hall–Kier alpha value is -0.460. The molecule has 17 heavy (non-hydrogen) atoms. The van der Waals surface area contributed by atoms with Crippen LogP contribution in [0.5, 0.6) is 0 Å². The molecule has 0 aliphatic carbocycles. The van der Waals surface area contributed by atoms with Gasteiger partial charge >= 0.3 is 0 Å². The second-order valence-corrected chi connectivity index (χ2v) is 8.11. The standard InChI is InChI=1S/C9H12BrN3O2S2/c1-12(2)17(14,15)13(6-5-11)7-8-3-4-9(10)16-8/h3-4H,6-7H2,1-2H3. The number of rotatable bonds is 5. The van der Waals surface area contributed by atoms with Crippen molar-refractivity contribution in [3.8, 4) is 6.07 Å². The first-order valence-corrected chi connectivity index (χ1v) is 7.67.